The number of nitriles is 1. The molecule has 1 N–H and O–H groups in total. The number of anilines is 3. The van der Waals surface area contributed by atoms with E-state index in [2.05, 4.69) is 62.2 Å². The van der Waals surface area contributed by atoms with E-state index in [-0.39, 0.29) is 5.57 Å². The summed E-state index contributed by atoms with van der Waals surface area (Å²) in [6, 6.07) is 34.2. The molecule has 0 amide bonds. The molecule has 0 saturated carbocycles. The zero-order chi connectivity index (χ0) is 27.0. The van der Waals surface area contributed by atoms with Gasteiger partial charge in [0.2, 0.25) is 0 Å². The number of carbonyl (C=O) groups is 1. The first-order valence-corrected chi connectivity index (χ1v) is 12.8. The standard InChI is InChI=1S/C32H22N4O2S/c33-22-26(32(37)38)21-25-18-17-24(30-31(25)35-39-34-30)10-8-7-9-23-15-19-29(20-16-23)36(27-11-3-1-4-12-27)28-13-5-2-6-14-28/h1-21H,(H,37,38)/b9-7+,10-8+,26-21+. The van der Waals surface area contributed by atoms with E-state index in [1.54, 1.807) is 12.1 Å². The van der Waals surface area contributed by atoms with E-state index in [1.807, 2.05) is 66.8 Å². The average Bonchev–Trinajstić information content (AvgIpc) is 3.47. The fourth-order valence-corrected chi connectivity index (χ4v) is 4.70. The lowest BCUT2D eigenvalue weighted by molar-refractivity contribution is -0.132. The fourth-order valence-electron chi connectivity index (χ4n) is 4.11. The summed E-state index contributed by atoms with van der Waals surface area (Å²) in [4.78, 5) is 13.4. The van der Waals surface area contributed by atoms with Crippen molar-refractivity contribution in [2.75, 3.05) is 4.90 Å². The van der Waals surface area contributed by atoms with Crippen LogP contribution < -0.4 is 4.90 Å². The van der Waals surface area contributed by atoms with E-state index < -0.39 is 5.97 Å². The number of nitrogens with zero attached hydrogens (tertiary/aromatic N) is 4. The summed E-state index contributed by atoms with van der Waals surface area (Å²) >= 11 is 1.05. The van der Waals surface area contributed by atoms with Crippen molar-refractivity contribution < 1.29 is 9.90 Å². The van der Waals surface area contributed by atoms with E-state index in [0.717, 1.165) is 39.9 Å². The van der Waals surface area contributed by atoms with Gasteiger partial charge in [-0.3, -0.25) is 0 Å². The Kier molecular flexibility index (Phi) is 7.68. The van der Waals surface area contributed by atoms with Gasteiger partial charge in [-0.25, -0.2) is 4.79 Å². The summed E-state index contributed by atoms with van der Waals surface area (Å²) in [5.41, 5.74) is 6.58. The number of hydrogen-bond acceptors (Lipinski definition) is 6. The molecule has 0 radical (unpaired) electrons. The van der Waals surface area contributed by atoms with Crippen molar-refractivity contribution in [3.8, 4) is 6.07 Å². The highest BCUT2D eigenvalue weighted by Gasteiger charge is 2.12. The minimum absolute atomic E-state index is 0.350. The Bertz CT molecular complexity index is 1690. The molecule has 0 atom stereocenters. The summed E-state index contributed by atoms with van der Waals surface area (Å²) in [6.07, 6.45) is 9.15. The maximum absolute atomic E-state index is 11.2. The van der Waals surface area contributed by atoms with Crippen LogP contribution in [0.4, 0.5) is 17.1 Å². The van der Waals surface area contributed by atoms with Crippen molar-refractivity contribution in [2.24, 2.45) is 0 Å². The molecule has 1 aromatic heterocycles. The van der Waals surface area contributed by atoms with Crippen LogP contribution in [0, 0.1) is 11.3 Å². The highest BCUT2D eigenvalue weighted by molar-refractivity contribution is 7.00. The molecule has 0 aliphatic rings. The summed E-state index contributed by atoms with van der Waals surface area (Å²) in [7, 11) is 0. The average molecular weight is 527 g/mol. The van der Waals surface area contributed by atoms with Gasteiger partial charge in [0, 0.05) is 28.2 Å². The molecule has 5 rings (SSSR count). The SMILES string of the molecule is N#C/C(=C\c1ccc(/C=C/C=C/c2ccc(N(c3ccccc3)c3ccccc3)cc2)c2nsnc12)C(=O)O. The maximum atomic E-state index is 11.2. The lowest BCUT2D eigenvalue weighted by Gasteiger charge is -2.25. The highest BCUT2D eigenvalue weighted by Crippen LogP contribution is 2.34. The number of rotatable bonds is 8. The van der Waals surface area contributed by atoms with Gasteiger partial charge >= 0.3 is 5.97 Å². The molecule has 39 heavy (non-hydrogen) atoms. The number of hydrogen-bond donors (Lipinski definition) is 1. The lowest BCUT2D eigenvalue weighted by atomic mass is 10.1. The first-order valence-electron chi connectivity index (χ1n) is 12.1. The molecule has 6 nitrogen and oxygen atoms in total. The minimum atomic E-state index is -1.27. The van der Waals surface area contributed by atoms with Gasteiger partial charge in [0.15, 0.2) is 0 Å². The predicted molar refractivity (Wildman–Crippen MR) is 158 cm³/mol. The van der Waals surface area contributed by atoms with Crippen molar-refractivity contribution in [1.29, 1.82) is 5.26 Å². The Labute approximate surface area is 230 Å². The third kappa shape index (κ3) is 5.82. The molecule has 0 saturated heterocycles. The lowest BCUT2D eigenvalue weighted by Crippen LogP contribution is -2.09. The zero-order valence-electron chi connectivity index (χ0n) is 20.7. The first-order chi connectivity index (χ1) is 19.1. The quantitative estimate of drug-likeness (QED) is 0.126. The van der Waals surface area contributed by atoms with Gasteiger partial charge in [-0.05, 0) is 48.0 Å². The van der Waals surface area contributed by atoms with Crippen LogP contribution in [0.25, 0.3) is 29.3 Å². The fraction of sp³-hybridized carbons (Fsp3) is 0. The Balaban J connectivity index is 1.35. The molecule has 0 spiro atoms. The number of allylic oxidation sites excluding steroid dienone is 2. The number of carboxylic acids is 1. The van der Waals surface area contributed by atoms with Gasteiger partial charge < -0.3 is 10.0 Å². The van der Waals surface area contributed by atoms with Crippen molar-refractivity contribution >= 4 is 64.0 Å². The molecule has 1 heterocycles. The predicted octanol–water partition coefficient (Wildman–Crippen LogP) is 7.88. The molecule has 0 unspecified atom stereocenters. The van der Waals surface area contributed by atoms with Gasteiger partial charge in [0.1, 0.15) is 22.7 Å². The van der Waals surface area contributed by atoms with E-state index in [1.165, 1.54) is 6.08 Å². The highest BCUT2D eigenvalue weighted by atomic mass is 32.1. The number of benzene rings is 4. The Morgan fingerprint density at radius 2 is 1.28 bits per heavy atom. The summed E-state index contributed by atoms with van der Waals surface area (Å²) in [5.74, 6) is -1.27. The van der Waals surface area contributed by atoms with E-state index in [0.29, 0.717) is 16.6 Å². The van der Waals surface area contributed by atoms with E-state index >= 15 is 0 Å². The van der Waals surface area contributed by atoms with Crippen LogP contribution in [0.2, 0.25) is 0 Å². The Hall–Kier alpha value is -5.32. The molecule has 0 fully saturated rings. The van der Waals surface area contributed by atoms with Crippen molar-refractivity contribution in [3.05, 3.63) is 131 Å². The number of fused-ring (bicyclic) bond motifs is 1. The van der Waals surface area contributed by atoms with E-state index in [4.69, 9.17) is 10.4 Å². The second-order valence-corrected chi connectivity index (χ2v) is 9.03. The van der Waals surface area contributed by atoms with Gasteiger partial charge in [0.25, 0.3) is 0 Å². The van der Waals surface area contributed by atoms with Gasteiger partial charge in [-0.2, -0.15) is 14.0 Å². The van der Waals surface area contributed by atoms with Gasteiger partial charge in [-0.1, -0.05) is 85.0 Å². The molecule has 188 valence electrons. The number of para-hydroxylation sites is 2. The summed E-state index contributed by atoms with van der Waals surface area (Å²) in [6.45, 7) is 0. The largest absolute Gasteiger partial charge is 0.477 e. The Morgan fingerprint density at radius 3 is 1.87 bits per heavy atom. The molecule has 5 aromatic rings. The second kappa shape index (κ2) is 11.8. The number of aliphatic carboxylic acids is 1. The molecule has 7 heteroatoms. The molecular formula is C32H22N4O2S. The first kappa shape index (κ1) is 25.3. The third-order valence-corrected chi connectivity index (χ3v) is 6.51. The van der Waals surface area contributed by atoms with E-state index in [9.17, 15) is 4.79 Å². The Morgan fingerprint density at radius 1 is 0.744 bits per heavy atom. The molecular weight excluding hydrogens is 504 g/mol. The minimum Gasteiger partial charge on any atom is -0.477 e. The van der Waals surface area contributed by atoms with Crippen molar-refractivity contribution in [3.63, 3.8) is 0 Å². The van der Waals surface area contributed by atoms with Crippen LogP contribution in [0.5, 0.6) is 0 Å². The number of aromatic nitrogens is 2. The van der Waals surface area contributed by atoms with Crippen LogP contribution in [0.3, 0.4) is 0 Å². The topological polar surface area (TPSA) is 90.1 Å². The number of carboxylic acid groups (broad SMARTS) is 1. The molecule has 4 aromatic carbocycles. The van der Waals surface area contributed by atoms with Crippen LogP contribution in [-0.2, 0) is 4.79 Å². The molecule has 0 bridgehead atoms. The third-order valence-electron chi connectivity index (χ3n) is 5.98. The maximum Gasteiger partial charge on any atom is 0.346 e. The molecule has 0 aliphatic carbocycles. The van der Waals surface area contributed by atoms with Crippen molar-refractivity contribution in [1.82, 2.24) is 8.75 Å². The van der Waals surface area contributed by atoms with Crippen molar-refractivity contribution in [2.45, 2.75) is 0 Å². The summed E-state index contributed by atoms with van der Waals surface area (Å²) in [5, 5.41) is 18.2. The summed E-state index contributed by atoms with van der Waals surface area (Å²) < 4.78 is 8.66. The van der Waals surface area contributed by atoms with Gasteiger partial charge in [0.05, 0.1) is 11.7 Å². The smallest absolute Gasteiger partial charge is 0.346 e. The zero-order valence-corrected chi connectivity index (χ0v) is 21.5. The van der Waals surface area contributed by atoms with Crippen LogP contribution in [0.1, 0.15) is 16.7 Å². The van der Waals surface area contributed by atoms with Crippen LogP contribution in [0.15, 0.2) is 115 Å². The van der Waals surface area contributed by atoms with Gasteiger partial charge in [-0.15, -0.1) is 0 Å². The normalized spacial score (nSPS) is 11.7. The van der Waals surface area contributed by atoms with Crippen LogP contribution in [-0.4, -0.2) is 19.8 Å². The van der Waals surface area contributed by atoms with Crippen LogP contribution >= 0.6 is 11.7 Å². The molecule has 0 aliphatic heterocycles. The monoisotopic (exact) mass is 526 g/mol. The second-order valence-electron chi connectivity index (χ2n) is 8.50.